The predicted octanol–water partition coefficient (Wildman–Crippen LogP) is 4.53. The first-order valence-corrected chi connectivity index (χ1v) is 5.91. The first-order valence-electron chi connectivity index (χ1n) is 5.53. The Morgan fingerprint density at radius 3 is 2.11 bits per heavy atom. The first-order chi connectivity index (χ1) is 8.47. The van der Waals surface area contributed by atoms with Crippen molar-refractivity contribution in [3.05, 3.63) is 46.5 Å². The Balaban J connectivity index is 0.00000180. The minimum atomic E-state index is 0. The van der Waals surface area contributed by atoms with Crippen LogP contribution in [0.1, 0.15) is 11.1 Å². The summed E-state index contributed by atoms with van der Waals surface area (Å²) in [4.78, 5) is 0. The highest BCUT2D eigenvalue weighted by atomic mass is 35.5. The lowest BCUT2D eigenvalue weighted by molar-refractivity contribution is 0.467. The highest BCUT2D eigenvalue weighted by molar-refractivity contribution is 6.33. The Hall–Kier alpha value is -1.58. The molecular formula is C14H15Cl2NO2. The van der Waals surface area contributed by atoms with Crippen LogP contribution in [0.15, 0.2) is 30.3 Å². The Bertz CT molecular complexity index is 577. The zero-order valence-corrected chi connectivity index (χ0v) is 12.1. The number of phenols is 2. The number of benzene rings is 2. The van der Waals surface area contributed by atoms with Gasteiger partial charge in [0.15, 0.2) is 0 Å². The minimum absolute atomic E-state index is 0. The summed E-state index contributed by atoms with van der Waals surface area (Å²) in [6, 6.07) is 8.42. The highest BCUT2D eigenvalue weighted by Gasteiger charge is 2.06. The van der Waals surface area contributed by atoms with Gasteiger partial charge in [-0.3, -0.25) is 0 Å². The summed E-state index contributed by atoms with van der Waals surface area (Å²) >= 11 is 6.02. The number of hydrogen-bond donors (Lipinski definition) is 3. The van der Waals surface area contributed by atoms with E-state index in [0.29, 0.717) is 16.5 Å². The molecule has 0 atom stereocenters. The standard InChI is InChI=1S/C14H14ClNO2.ClH/c1-8-5-10(6-9(2)14(8)18)16-13-4-3-11(17)7-12(13)15;/h3-7,16-18H,1-2H3;1H. The summed E-state index contributed by atoms with van der Waals surface area (Å²) in [7, 11) is 0. The van der Waals surface area contributed by atoms with E-state index in [9.17, 15) is 10.2 Å². The van der Waals surface area contributed by atoms with Crippen molar-refractivity contribution in [3.8, 4) is 11.5 Å². The van der Waals surface area contributed by atoms with Crippen LogP contribution >= 0.6 is 24.0 Å². The minimum Gasteiger partial charge on any atom is -0.508 e. The van der Waals surface area contributed by atoms with Crippen molar-refractivity contribution in [1.82, 2.24) is 0 Å². The van der Waals surface area contributed by atoms with Gasteiger partial charge in [0.05, 0.1) is 10.7 Å². The molecule has 3 N–H and O–H groups in total. The van der Waals surface area contributed by atoms with Gasteiger partial charge < -0.3 is 15.5 Å². The number of aryl methyl sites for hydroxylation is 2. The lowest BCUT2D eigenvalue weighted by Crippen LogP contribution is -1.93. The third-order valence-electron chi connectivity index (χ3n) is 2.72. The van der Waals surface area contributed by atoms with Gasteiger partial charge in [0.1, 0.15) is 11.5 Å². The number of aromatic hydroxyl groups is 2. The molecule has 19 heavy (non-hydrogen) atoms. The Morgan fingerprint density at radius 1 is 1.00 bits per heavy atom. The monoisotopic (exact) mass is 299 g/mol. The van der Waals surface area contributed by atoms with Crippen LogP contribution in [0.25, 0.3) is 0 Å². The Morgan fingerprint density at radius 2 is 1.58 bits per heavy atom. The molecule has 102 valence electrons. The average Bonchev–Trinajstić information content (AvgIpc) is 2.29. The fraction of sp³-hybridized carbons (Fsp3) is 0.143. The quantitative estimate of drug-likeness (QED) is 0.714. The highest BCUT2D eigenvalue weighted by Crippen LogP contribution is 2.31. The van der Waals surface area contributed by atoms with Gasteiger partial charge in [-0.25, -0.2) is 0 Å². The van der Waals surface area contributed by atoms with E-state index < -0.39 is 0 Å². The SMILES string of the molecule is Cc1cc(Nc2ccc(O)cc2Cl)cc(C)c1O.Cl. The number of rotatable bonds is 2. The third kappa shape index (κ3) is 3.46. The maximum atomic E-state index is 9.70. The van der Waals surface area contributed by atoms with E-state index in [0.717, 1.165) is 16.8 Å². The molecule has 0 amide bonds. The van der Waals surface area contributed by atoms with Crippen LogP contribution in [-0.4, -0.2) is 10.2 Å². The molecular weight excluding hydrogens is 285 g/mol. The molecule has 0 radical (unpaired) electrons. The zero-order chi connectivity index (χ0) is 13.3. The van der Waals surface area contributed by atoms with E-state index in [-0.39, 0.29) is 18.2 Å². The van der Waals surface area contributed by atoms with Gasteiger partial charge in [0.25, 0.3) is 0 Å². The third-order valence-corrected chi connectivity index (χ3v) is 3.04. The fourth-order valence-corrected chi connectivity index (χ4v) is 2.01. The molecule has 0 aliphatic carbocycles. The average molecular weight is 300 g/mol. The number of nitrogens with one attached hydrogen (secondary N) is 1. The topological polar surface area (TPSA) is 52.5 Å². The van der Waals surface area contributed by atoms with Gasteiger partial charge in [-0.1, -0.05) is 11.6 Å². The summed E-state index contributed by atoms with van der Waals surface area (Å²) in [5, 5.41) is 22.6. The van der Waals surface area contributed by atoms with E-state index >= 15 is 0 Å². The molecule has 0 heterocycles. The van der Waals surface area contributed by atoms with Crippen molar-refractivity contribution in [2.45, 2.75) is 13.8 Å². The molecule has 0 aromatic heterocycles. The van der Waals surface area contributed by atoms with Crippen LogP contribution in [0.4, 0.5) is 11.4 Å². The molecule has 0 spiro atoms. The number of phenolic OH excluding ortho intramolecular Hbond substituents is 2. The molecule has 3 nitrogen and oxygen atoms in total. The lowest BCUT2D eigenvalue weighted by atomic mass is 10.1. The van der Waals surface area contributed by atoms with Crippen molar-refractivity contribution in [1.29, 1.82) is 0 Å². The maximum Gasteiger partial charge on any atom is 0.121 e. The largest absolute Gasteiger partial charge is 0.508 e. The molecule has 0 saturated carbocycles. The van der Waals surface area contributed by atoms with Crippen LogP contribution < -0.4 is 5.32 Å². The summed E-state index contributed by atoms with van der Waals surface area (Å²) < 4.78 is 0. The number of anilines is 2. The van der Waals surface area contributed by atoms with Crippen LogP contribution in [-0.2, 0) is 0 Å². The van der Waals surface area contributed by atoms with Crippen LogP contribution in [0, 0.1) is 13.8 Å². The second-order valence-electron chi connectivity index (χ2n) is 4.25. The van der Waals surface area contributed by atoms with E-state index in [1.807, 2.05) is 26.0 Å². The molecule has 0 unspecified atom stereocenters. The first kappa shape index (κ1) is 15.5. The Kier molecular flexibility index (Phi) is 4.92. The maximum absolute atomic E-state index is 9.70. The smallest absolute Gasteiger partial charge is 0.121 e. The van der Waals surface area contributed by atoms with Crippen LogP contribution in [0.5, 0.6) is 11.5 Å². The molecule has 5 heteroatoms. The normalized spacial score (nSPS) is 9.84. The predicted molar refractivity (Wildman–Crippen MR) is 81.2 cm³/mol. The summed E-state index contributed by atoms with van der Waals surface area (Å²) in [5.41, 5.74) is 3.15. The molecule has 0 fully saturated rings. The van der Waals surface area contributed by atoms with E-state index in [2.05, 4.69) is 5.32 Å². The van der Waals surface area contributed by atoms with Gasteiger partial charge in [-0.05, 0) is 49.2 Å². The lowest BCUT2D eigenvalue weighted by Gasteiger charge is -2.11. The molecule has 0 aliphatic heterocycles. The molecule has 0 saturated heterocycles. The van der Waals surface area contributed by atoms with E-state index in [1.165, 1.54) is 6.07 Å². The van der Waals surface area contributed by atoms with Gasteiger partial charge in [0, 0.05) is 11.8 Å². The van der Waals surface area contributed by atoms with Crippen molar-refractivity contribution >= 4 is 35.4 Å². The van der Waals surface area contributed by atoms with Crippen LogP contribution in [0.2, 0.25) is 5.02 Å². The zero-order valence-electron chi connectivity index (χ0n) is 10.6. The molecule has 2 aromatic carbocycles. The summed E-state index contributed by atoms with van der Waals surface area (Å²) in [6.45, 7) is 3.68. The van der Waals surface area contributed by atoms with Gasteiger partial charge in [-0.15, -0.1) is 12.4 Å². The number of hydrogen-bond acceptors (Lipinski definition) is 3. The Labute approximate surface area is 123 Å². The molecule has 0 aliphatic rings. The molecule has 2 rings (SSSR count). The van der Waals surface area contributed by atoms with Crippen molar-refractivity contribution in [2.24, 2.45) is 0 Å². The van der Waals surface area contributed by atoms with Gasteiger partial charge in [0.2, 0.25) is 0 Å². The summed E-state index contributed by atoms with van der Waals surface area (Å²) in [6.07, 6.45) is 0. The van der Waals surface area contributed by atoms with E-state index in [4.69, 9.17) is 11.6 Å². The van der Waals surface area contributed by atoms with Gasteiger partial charge in [-0.2, -0.15) is 0 Å². The van der Waals surface area contributed by atoms with Crippen molar-refractivity contribution in [2.75, 3.05) is 5.32 Å². The second-order valence-corrected chi connectivity index (χ2v) is 4.65. The summed E-state index contributed by atoms with van der Waals surface area (Å²) in [5.74, 6) is 0.431. The van der Waals surface area contributed by atoms with Gasteiger partial charge >= 0.3 is 0 Å². The van der Waals surface area contributed by atoms with Crippen molar-refractivity contribution in [3.63, 3.8) is 0 Å². The van der Waals surface area contributed by atoms with E-state index in [1.54, 1.807) is 12.1 Å². The van der Waals surface area contributed by atoms with Crippen LogP contribution in [0.3, 0.4) is 0 Å². The fourth-order valence-electron chi connectivity index (χ4n) is 1.79. The number of halogens is 2. The molecule has 2 aromatic rings. The molecule has 0 bridgehead atoms. The van der Waals surface area contributed by atoms with Crippen molar-refractivity contribution < 1.29 is 10.2 Å². The second kappa shape index (κ2) is 6.04.